The molecule has 0 unspecified atom stereocenters. The summed E-state index contributed by atoms with van der Waals surface area (Å²) in [5, 5.41) is 1.82. The number of carbonyl (C=O) groups excluding carboxylic acids is 4. The molecule has 0 saturated carbocycles. The number of fused-ring (bicyclic) bond motifs is 1. The highest BCUT2D eigenvalue weighted by molar-refractivity contribution is 6.30. The van der Waals surface area contributed by atoms with Gasteiger partial charge in [0.1, 0.15) is 6.04 Å². The van der Waals surface area contributed by atoms with E-state index in [4.69, 9.17) is 16.3 Å². The van der Waals surface area contributed by atoms with Gasteiger partial charge >= 0.3 is 12.1 Å². The first kappa shape index (κ1) is 22.3. The molecule has 0 spiro atoms. The Hall–Kier alpha value is -3.40. The van der Waals surface area contributed by atoms with Crippen LogP contribution in [0, 0.1) is 0 Å². The number of rotatable bonds is 5. The van der Waals surface area contributed by atoms with E-state index in [0.717, 1.165) is 12.1 Å². The Labute approximate surface area is 178 Å². The van der Waals surface area contributed by atoms with Gasteiger partial charge in [-0.1, -0.05) is 23.7 Å². The van der Waals surface area contributed by atoms with E-state index in [9.17, 15) is 32.3 Å². The van der Waals surface area contributed by atoms with E-state index in [-0.39, 0.29) is 16.1 Å². The number of halogens is 4. The lowest BCUT2D eigenvalue weighted by molar-refractivity contribution is -0.150. The Morgan fingerprint density at radius 1 is 1.10 bits per heavy atom. The standard InChI is InChI=1S/C20H14ClF3N2O5/c1-10(26-17(28)12-4-2-3-5-13(12)18(26)29)19(30)31-9-16(27)25-15-7-6-11(21)8-14(15)20(22,23)24/h2-8,10H,9H2,1H3,(H,25,27)/t10-/m1/s1. The van der Waals surface area contributed by atoms with Crippen LogP contribution in [0.5, 0.6) is 0 Å². The van der Waals surface area contributed by atoms with Gasteiger partial charge in [0, 0.05) is 5.02 Å². The molecule has 1 N–H and O–H groups in total. The molecule has 3 rings (SSSR count). The highest BCUT2D eigenvalue weighted by Gasteiger charge is 2.41. The maximum atomic E-state index is 13.1. The topological polar surface area (TPSA) is 92.8 Å². The minimum atomic E-state index is -4.77. The Morgan fingerprint density at radius 2 is 1.68 bits per heavy atom. The third-order valence-electron chi connectivity index (χ3n) is 4.46. The molecule has 1 heterocycles. The summed E-state index contributed by atoms with van der Waals surface area (Å²) in [5.74, 6) is -3.50. The molecule has 1 atom stereocenters. The summed E-state index contributed by atoms with van der Waals surface area (Å²) < 4.78 is 44.1. The number of alkyl halides is 3. The molecule has 0 saturated heterocycles. The predicted octanol–water partition coefficient (Wildman–Crippen LogP) is 3.53. The zero-order valence-electron chi connectivity index (χ0n) is 15.8. The highest BCUT2D eigenvalue weighted by atomic mass is 35.5. The van der Waals surface area contributed by atoms with Crippen molar-refractivity contribution in [2.24, 2.45) is 0 Å². The second-order valence-corrected chi connectivity index (χ2v) is 6.98. The predicted molar refractivity (Wildman–Crippen MR) is 102 cm³/mol. The minimum absolute atomic E-state index is 0.132. The molecular weight excluding hydrogens is 441 g/mol. The van der Waals surface area contributed by atoms with Crippen molar-refractivity contribution in [1.29, 1.82) is 0 Å². The smallest absolute Gasteiger partial charge is 0.418 e. The van der Waals surface area contributed by atoms with Gasteiger partial charge in [-0.15, -0.1) is 0 Å². The van der Waals surface area contributed by atoms with Crippen LogP contribution in [0.1, 0.15) is 33.2 Å². The maximum Gasteiger partial charge on any atom is 0.418 e. The molecule has 2 aromatic rings. The maximum absolute atomic E-state index is 13.1. The fourth-order valence-electron chi connectivity index (χ4n) is 2.97. The second kappa shape index (κ2) is 8.38. The lowest BCUT2D eigenvalue weighted by Crippen LogP contribution is -2.44. The van der Waals surface area contributed by atoms with Crippen LogP contribution in [0.25, 0.3) is 0 Å². The number of hydrogen-bond acceptors (Lipinski definition) is 5. The van der Waals surface area contributed by atoms with Gasteiger partial charge in [0.05, 0.1) is 22.4 Å². The molecular formula is C20H14ClF3N2O5. The van der Waals surface area contributed by atoms with Gasteiger partial charge in [-0.3, -0.25) is 19.3 Å². The zero-order chi connectivity index (χ0) is 22.9. The number of nitrogens with zero attached hydrogens (tertiary/aromatic N) is 1. The van der Waals surface area contributed by atoms with Crippen molar-refractivity contribution in [3.8, 4) is 0 Å². The third kappa shape index (κ3) is 4.53. The van der Waals surface area contributed by atoms with E-state index in [1.54, 1.807) is 12.1 Å². The summed E-state index contributed by atoms with van der Waals surface area (Å²) in [6.07, 6.45) is -4.77. The largest absolute Gasteiger partial charge is 0.454 e. The van der Waals surface area contributed by atoms with Crippen LogP contribution in [0.15, 0.2) is 42.5 Å². The molecule has 3 amide bonds. The number of ether oxygens (including phenoxy) is 1. The molecule has 0 fully saturated rings. The minimum Gasteiger partial charge on any atom is -0.454 e. The first-order valence-electron chi connectivity index (χ1n) is 8.81. The Morgan fingerprint density at radius 3 is 2.23 bits per heavy atom. The molecule has 1 aliphatic heterocycles. The van der Waals surface area contributed by atoms with Crippen molar-refractivity contribution in [2.45, 2.75) is 19.1 Å². The van der Waals surface area contributed by atoms with Crippen LogP contribution in [-0.4, -0.2) is 41.2 Å². The third-order valence-corrected chi connectivity index (χ3v) is 4.70. The molecule has 0 aliphatic carbocycles. The van der Waals surface area contributed by atoms with E-state index in [0.29, 0.717) is 11.0 Å². The number of anilines is 1. The molecule has 11 heteroatoms. The molecule has 0 aromatic heterocycles. The first-order chi connectivity index (χ1) is 14.5. The monoisotopic (exact) mass is 454 g/mol. The van der Waals surface area contributed by atoms with E-state index in [1.807, 2.05) is 5.32 Å². The van der Waals surface area contributed by atoms with Crippen molar-refractivity contribution in [3.63, 3.8) is 0 Å². The van der Waals surface area contributed by atoms with Gasteiger partial charge in [-0.2, -0.15) is 13.2 Å². The fourth-order valence-corrected chi connectivity index (χ4v) is 3.14. The summed E-state index contributed by atoms with van der Waals surface area (Å²) in [7, 11) is 0. The Bertz CT molecular complexity index is 1050. The lowest BCUT2D eigenvalue weighted by atomic mass is 10.1. The number of carbonyl (C=O) groups is 4. The van der Waals surface area contributed by atoms with Crippen LogP contribution in [0.3, 0.4) is 0 Å². The van der Waals surface area contributed by atoms with Crippen molar-refractivity contribution in [1.82, 2.24) is 4.90 Å². The van der Waals surface area contributed by atoms with Crippen molar-refractivity contribution >= 4 is 41.0 Å². The van der Waals surface area contributed by atoms with E-state index in [1.165, 1.54) is 19.1 Å². The van der Waals surface area contributed by atoms with Gasteiger partial charge in [0.25, 0.3) is 17.7 Å². The van der Waals surface area contributed by atoms with Crippen LogP contribution in [0.4, 0.5) is 18.9 Å². The highest BCUT2D eigenvalue weighted by Crippen LogP contribution is 2.36. The fraction of sp³-hybridized carbons (Fsp3) is 0.200. The average molecular weight is 455 g/mol. The molecule has 0 radical (unpaired) electrons. The number of nitrogens with one attached hydrogen (secondary N) is 1. The number of benzene rings is 2. The van der Waals surface area contributed by atoms with Gasteiger partial charge in [-0.05, 0) is 37.3 Å². The van der Waals surface area contributed by atoms with Crippen molar-refractivity contribution in [3.05, 3.63) is 64.2 Å². The van der Waals surface area contributed by atoms with Crippen LogP contribution >= 0.6 is 11.6 Å². The average Bonchev–Trinajstić information content (AvgIpc) is 2.97. The van der Waals surface area contributed by atoms with Gasteiger partial charge in [0.15, 0.2) is 6.61 Å². The van der Waals surface area contributed by atoms with Crippen LogP contribution in [0.2, 0.25) is 5.02 Å². The van der Waals surface area contributed by atoms with Crippen molar-refractivity contribution < 1.29 is 37.1 Å². The number of esters is 1. The summed E-state index contributed by atoms with van der Waals surface area (Å²) in [5.41, 5.74) is -1.47. The molecule has 162 valence electrons. The normalized spacial score (nSPS) is 14.3. The number of amides is 3. The van der Waals surface area contributed by atoms with Crippen LogP contribution in [-0.2, 0) is 20.5 Å². The van der Waals surface area contributed by atoms with Gasteiger partial charge in [-0.25, -0.2) is 4.79 Å². The van der Waals surface area contributed by atoms with Gasteiger partial charge < -0.3 is 10.1 Å². The first-order valence-corrected chi connectivity index (χ1v) is 9.18. The summed E-state index contributed by atoms with van der Waals surface area (Å²) >= 11 is 5.57. The summed E-state index contributed by atoms with van der Waals surface area (Å²) in [4.78, 5) is 49.7. The Kier molecular flexibility index (Phi) is 6.03. The molecule has 7 nitrogen and oxygen atoms in total. The molecule has 1 aliphatic rings. The Balaban J connectivity index is 1.64. The van der Waals surface area contributed by atoms with Gasteiger partial charge in [0.2, 0.25) is 0 Å². The van der Waals surface area contributed by atoms with Crippen LogP contribution < -0.4 is 5.32 Å². The summed E-state index contributed by atoms with van der Waals surface area (Å²) in [6, 6.07) is 7.42. The van der Waals surface area contributed by atoms with E-state index < -0.39 is 53.8 Å². The van der Waals surface area contributed by atoms with Crippen molar-refractivity contribution in [2.75, 3.05) is 11.9 Å². The lowest BCUT2D eigenvalue weighted by Gasteiger charge is -2.21. The van der Waals surface area contributed by atoms with E-state index in [2.05, 4.69) is 0 Å². The molecule has 31 heavy (non-hydrogen) atoms. The zero-order valence-corrected chi connectivity index (χ0v) is 16.6. The number of hydrogen-bond donors (Lipinski definition) is 1. The number of imide groups is 1. The second-order valence-electron chi connectivity index (χ2n) is 6.55. The summed E-state index contributed by atoms with van der Waals surface area (Å²) in [6.45, 7) is 0.315. The SMILES string of the molecule is C[C@H](C(=O)OCC(=O)Nc1ccc(Cl)cc1C(F)(F)F)N1C(=O)c2ccccc2C1=O. The quantitative estimate of drug-likeness (QED) is 0.551. The molecule has 0 bridgehead atoms. The van der Waals surface area contributed by atoms with E-state index >= 15 is 0 Å². The molecule has 2 aromatic carbocycles.